The number of nitro groups is 1. The van der Waals surface area contributed by atoms with Gasteiger partial charge < -0.3 is 4.74 Å². The Morgan fingerprint density at radius 2 is 2.23 bits per heavy atom. The van der Waals surface area contributed by atoms with Gasteiger partial charge in [-0.1, -0.05) is 6.07 Å². The maximum absolute atomic E-state index is 11.0. The van der Waals surface area contributed by atoms with Crippen molar-refractivity contribution in [2.45, 2.75) is 6.92 Å². The van der Waals surface area contributed by atoms with Crippen LogP contribution in [0.2, 0.25) is 0 Å². The lowest BCUT2D eigenvalue weighted by molar-refractivity contribution is -0.387. The number of nitrogens with zero attached hydrogens (tertiary/aromatic N) is 1. The molecule has 13 heavy (non-hydrogen) atoms. The van der Waals surface area contributed by atoms with Crippen molar-refractivity contribution in [3.63, 3.8) is 0 Å². The minimum Gasteiger partial charge on any atom is -0.487 e. The van der Waals surface area contributed by atoms with Crippen LogP contribution < -0.4 is 4.74 Å². The van der Waals surface area contributed by atoms with E-state index in [4.69, 9.17) is 4.74 Å². The van der Waals surface area contributed by atoms with Crippen LogP contribution in [0.3, 0.4) is 0 Å². The monoisotopic (exact) mass is 182 g/mol. The summed E-state index contributed by atoms with van der Waals surface area (Å²) in [6.45, 7) is 1.99. The highest BCUT2D eigenvalue weighted by molar-refractivity contribution is 5.56. The number of para-hydroxylation sites is 1. The molecule has 0 saturated heterocycles. The van der Waals surface area contributed by atoms with Crippen LogP contribution in [-0.4, -0.2) is 11.5 Å². The van der Waals surface area contributed by atoms with Crippen molar-refractivity contribution >= 4 is 5.69 Å². The first-order valence-corrected chi connectivity index (χ1v) is 3.74. The quantitative estimate of drug-likeness (QED) is 0.531. The van der Waals surface area contributed by atoms with Crippen LogP contribution in [0.25, 0.3) is 0 Å². The van der Waals surface area contributed by atoms with E-state index in [0.717, 1.165) is 6.07 Å². The molecule has 0 unspecified atom stereocenters. The lowest BCUT2D eigenvalue weighted by Gasteiger charge is -2.02. The molecule has 0 aliphatic carbocycles. The second kappa shape index (κ2) is 3.75. The predicted octanol–water partition coefficient (Wildman–Crippen LogP) is 2.14. The highest BCUT2D eigenvalue weighted by Gasteiger charge is 2.21. The summed E-state index contributed by atoms with van der Waals surface area (Å²) >= 11 is 0. The van der Waals surface area contributed by atoms with Crippen LogP contribution in [0.15, 0.2) is 18.2 Å². The predicted molar refractivity (Wildman–Crippen MR) is 44.4 cm³/mol. The smallest absolute Gasteiger partial charge is 0.357 e. The fraction of sp³-hybridized carbons (Fsp3) is 0.250. The summed E-state index contributed by atoms with van der Waals surface area (Å²) in [7, 11) is 0. The van der Waals surface area contributed by atoms with Gasteiger partial charge in [-0.3, -0.25) is 15.2 Å². The minimum atomic E-state index is -0.729. The molecule has 1 aromatic carbocycles. The number of benzene rings is 1. The third-order valence-corrected chi connectivity index (χ3v) is 1.44. The molecule has 0 aromatic heterocycles. The highest BCUT2D eigenvalue weighted by atomic mass is 16.6. The van der Waals surface area contributed by atoms with E-state index >= 15 is 0 Å². The second-order valence-corrected chi connectivity index (χ2v) is 2.29. The lowest BCUT2D eigenvalue weighted by atomic mass is 10.3. The van der Waals surface area contributed by atoms with Gasteiger partial charge in [-0.05, 0) is 19.1 Å². The summed E-state index contributed by atoms with van der Waals surface area (Å²) in [5.41, 5.74) is -0.496. The first-order chi connectivity index (χ1) is 6.16. The fourth-order valence-corrected chi connectivity index (χ4v) is 0.954. The van der Waals surface area contributed by atoms with Gasteiger partial charge in [-0.25, -0.2) is 0 Å². The molecular weight excluding hydrogens is 174 g/mol. The SMILES string of the molecule is CCOc1cccc([O])c1[N+](=O)[O-]. The molecule has 0 aliphatic heterocycles. The lowest BCUT2D eigenvalue weighted by Crippen LogP contribution is -1.97. The van der Waals surface area contributed by atoms with E-state index in [1.165, 1.54) is 12.1 Å². The topological polar surface area (TPSA) is 72.3 Å². The number of hydrogen-bond acceptors (Lipinski definition) is 3. The van der Waals surface area contributed by atoms with Gasteiger partial charge in [-0.15, -0.1) is 0 Å². The number of ether oxygens (including phenoxy) is 1. The fourth-order valence-electron chi connectivity index (χ4n) is 0.954. The number of nitro benzene ring substituents is 1. The zero-order valence-corrected chi connectivity index (χ0v) is 7.02. The molecule has 0 aliphatic rings. The molecule has 0 fully saturated rings. The first kappa shape index (κ1) is 9.31. The van der Waals surface area contributed by atoms with Gasteiger partial charge in [0.15, 0.2) is 0 Å². The Morgan fingerprint density at radius 3 is 2.77 bits per heavy atom. The van der Waals surface area contributed by atoms with Crippen molar-refractivity contribution < 1.29 is 14.8 Å². The Kier molecular flexibility index (Phi) is 2.69. The van der Waals surface area contributed by atoms with E-state index < -0.39 is 16.4 Å². The molecule has 1 aromatic rings. The van der Waals surface area contributed by atoms with E-state index in [1.807, 2.05) is 0 Å². The van der Waals surface area contributed by atoms with Gasteiger partial charge in [0.1, 0.15) is 0 Å². The maximum atomic E-state index is 11.0. The van der Waals surface area contributed by atoms with Crippen molar-refractivity contribution in [2.24, 2.45) is 0 Å². The number of rotatable bonds is 3. The molecule has 0 saturated carbocycles. The van der Waals surface area contributed by atoms with Crippen LogP contribution in [-0.2, 0) is 5.11 Å². The van der Waals surface area contributed by atoms with Gasteiger partial charge in [0.25, 0.3) is 5.75 Å². The molecule has 0 bridgehead atoms. The molecule has 0 atom stereocenters. The molecule has 1 rings (SSSR count). The van der Waals surface area contributed by atoms with Crippen LogP contribution >= 0.6 is 0 Å². The van der Waals surface area contributed by atoms with Gasteiger partial charge >= 0.3 is 5.69 Å². The maximum Gasteiger partial charge on any atom is 0.357 e. The average Bonchev–Trinajstić information content (AvgIpc) is 2.04. The Balaban J connectivity index is 3.17. The Morgan fingerprint density at radius 1 is 1.54 bits per heavy atom. The van der Waals surface area contributed by atoms with E-state index in [9.17, 15) is 15.2 Å². The van der Waals surface area contributed by atoms with Crippen LogP contribution in [0.5, 0.6) is 11.5 Å². The van der Waals surface area contributed by atoms with E-state index in [2.05, 4.69) is 0 Å². The molecule has 0 amide bonds. The van der Waals surface area contributed by atoms with Crippen LogP contribution in [0, 0.1) is 10.1 Å². The van der Waals surface area contributed by atoms with E-state index in [0.29, 0.717) is 6.61 Å². The second-order valence-electron chi connectivity index (χ2n) is 2.29. The largest absolute Gasteiger partial charge is 0.487 e. The Labute approximate surface area is 74.7 Å². The van der Waals surface area contributed by atoms with Crippen molar-refractivity contribution in [3.8, 4) is 11.5 Å². The van der Waals surface area contributed by atoms with Crippen molar-refractivity contribution in [1.82, 2.24) is 0 Å². The molecular formula is C8H8NO4. The summed E-state index contributed by atoms with van der Waals surface area (Å²) in [5, 5.41) is 21.5. The highest BCUT2D eigenvalue weighted by Crippen LogP contribution is 2.35. The Hall–Kier alpha value is -1.78. The summed E-state index contributed by atoms with van der Waals surface area (Å²) in [4.78, 5) is 9.71. The van der Waals surface area contributed by atoms with Gasteiger partial charge in [0.05, 0.1) is 11.5 Å². The zero-order valence-electron chi connectivity index (χ0n) is 7.02. The molecule has 0 spiro atoms. The molecule has 5 heteroatoms. The van der Waals surface area contributed by atoms with Crippen LogP contribution in [0.4, 0.5) is 5.69 Å². The van der Waals surface area contributed by atoms with Crippen molar-refractivity contribution in [2.75, 3.05) is 6.61 Å². The van der Waals surface area contributed by atoms with Gasteiger partial charge in [0.2, 0.25) is 5.75 Å². The molecule has 0 N–H and O–H groups in total. The molecule has 0 heterocycles. The summed E-state index contributed by atoms with van der Waals surface area (Å²) in [6, 6.07) is 3.98. The standard InChI is InChI=1S/C8H8NO4/c1-2-13-7-5-3-4-6(10)8(7)9(11)12/h3-5H,2H2,1H3. The zero-order chi connectivity index (χ0) is 9.84. The summed E-state index contributed by atoms with van der Waals surface area (Å²) < 4.78 is 4.94. The first-order valence-electron chi connectivity index (χ1n) is 3.74. The van der Waals surface area contributed by atoms with Gasteiger partial charge in [0, 0.05) is 0 Å². The molecule has 5 nitrogen and oxygen atoms in total. The van der Waals surface area contributed by atoms with Crippen LogP contribution in [0.1, 0.15) is 6.92 Å². The third-order valence-electron chi connectivity index (χ3n) is 1.44. The van der Waals surface area contributed by atoms with Gasteiger partial charge in [-0.2, -0.15) is 0 Å². The van der Waals surface area contributed by atoms with Crippen molar-refractivity contribution in [1.29, 1.82) is 0 Å². The normalized spacial score (nSPS) is 9.62. The molecule has 1 radical (unpaired) electrons. The summed E-state index contributed by atoms with van der Waals surface area (Å²) in [6.07, 6.45) is 0. The van der Waals surface area contributed by atoms with Crippen molar-refractivity contribution in [3.05, 3.63) is 28.3 Å². The van der Waals surface area contributed by atoms with E-state index in [1.54, 1.807) is 6.92 Å². The average molecular weight is 182 g/mol. The Bertz CT molecular complexity index is 324. The van der Waals surface area contributed by atoms with E-state index in [-0.39, 0.29) is 5.75 Å². The summed E-state index contributed by atoms with van der Waals surface area (Å²) in [5.74, 6) is -0.601. The minimum absolute atomic E-state index is 0.0278. The number of hydrogen-bond donors (Lipinski definition) is 0. The molecule has 69 valence electrons. The third kappa shape index (κ3) is 1.87.